The third-order valence-corrected chi connectivity index (χ3v) is 5.69. The summed E-state index contributed by atoms with van der Waals surface area (Å²) in [5, 5.41) is 0.799. The molecule has 0 amide bonds. The van der Waals surface area contributed by atoms with E-state index in [0.29, 0.717) is 6.04 Å². The SMILES string of the molecule is CCc1ncc(CN2CCC[C@H]2c2cccc(Cc3ccccc3Cl)n2)cn1. The summed E-state index contributed by atoms with van der Waals surface area (Å²) in [6.45, 7) is 4.02. The number of nitrogens with zero attached hydrogens (tertiary/aromatic N) is 4. The average molecular weight is 393 g/mol. The van der Waals surface area contributed by atoms with Crippen LogP contribution < -0.4 is 0 Å². The van der Waals surface area contributed by atoms with Crippen molar-refractivity contribution in [1.29, 1.82) is 0 Å². The smallest absolute Gasteiger partial charge is 0.127 e. The van der Waals surface area contributed by atoms with Crippen molar-refractivity contribution in [3.63, 3.8) is 0 Å². The maximum atomic E-state index is 6.33. The highest BCUT2D eigenvalue weighted by Crippen LogP contribution is 2.32. The van der Waals surface area contributed by atoms with E-state index in [-0.39, 0.29) is 0 Å². The van der Waals surface area contributed by atoms with Gasteiger partial charge in [0, 0.05) is 48.1 Å². The van der Waals surface area contributed by atoms with E-state index in [1.54, 1.807) is 0 Å². The molecule has 3 heterocycles. The lowest BCUT2D eigenvalue weighted by atomic mass is 10.1. The molecule has 0 saturated carbocycles. The summed E-state index contributed by atoms with van der Waals surface area (Å²) >= 11 is 6.33. The van der Waals surface area contributed by atoms with Gasteiger partial charge in [-0.25, -0.2) is 9.97 Å². The van der Waals surface area contributed by atoms with Crippen molar-refractivity contribution in [2.24, 2.45) is 0 Å². The quantitative estimate of drug-likeness (QED) is 0.591. The number of aryl methyl sites for hydroxylation is 1. The standard InChI is InChI=1S/C23H25ClN4/c1-2-23-25-14-17(15-26-23)16-28-12-6-11-22(28)21-10-5-8-19(27-21)13-18-7-3-4-9-20(18)24/h3-5,7-10,14-15,22H,2,6,11-13,16H2,1H3/t22-/m0/s1. The Morgan fingerprint density at radius 3 is 2.68 bits per heavy atom. The average Bonchev–Trinajstić information content (AvgIpc) is 3.19. The second-order valence-corrected chi connectivity index (χ2v) is 7.72. The van der Waals surface area contributed by atoms with Crippen LogP contribution in [0.4, 0.5) is 0 Å². The van der Waals surface area contributed by atoms with E-state index in [0.717, 1.165) is 65.7 Å². The molecule has 144 valence electrons. The van der Waals surface area contributed by atoms with E-state index in [9.17, 15) is 0 Å². The van der Waals surface area contributed by atoms with Crippen LogP contribution in [0, 0.1) is 0 Å². The molecule has 0 aliphatic carbocycles. The third-order valence-electron chi connectivity index (χ3n) is 5.32. The van der Waals surface area contributed by atoms with E-state index >= 15 is 0 Å². The van der Waals surface area contributed by atoms with Crippen molar-refractivity contribution in [2.75, 3.05) is 6.54 Å². The molecule has 1 aliphatic rings. The summed E-state index contributed by atoms with van der Waals surface area (Å²) in [7, 11) is 0. The van der Waals surface area contributed by atoms with Crippen molar-refractivity contribution in [1.82, 2.24) is 19.9 Å². The Labute approximate surface area is 171 Å². The van der Waals surface area contributed by atoms with Gasteiger partial charge in [-0.1, -0.05) is 42.8 Å². The molecule has 1 fully saturated rings. The van der Waals surface area contributed by atoms with Gasteiger partial charge < -0.3 is 0 Å². The zero-order chi connectivity index (χ0) is 19.3. The number of pyridine rings is 1. The second-order valence-electron chi connectivity index (χ2n) is 7.31. The monoisotopic (exact) mass is 392 g/mol. The van der Waals surface area contributed by atoms with Gasteiger partial charge >= 0.3 is 0 Å². The van der Waals surface area contributed by atoms with Crippen molar-refractivity contribution in [3.05, 3.63) is 88.2 Å². The number of hydrogen-bond acceptors (Lipinski definition) is 4. The normalized spacial score (nSPS) is 17.1. The first-order chi connectivity index (χ1) is 13.7. The minimum Gasteiger partial charge on any atom is -0.290 e. The minimum atomic E-state index is 0.344. The van der Waals surface area contributed by atoms with Gasteiger partial charge in [0.1, 0.15) is 5.82 Å². The molecule has 5 heteroatoms. The van der Waals surface area contributed by atoms with E-state index in [4.69, 9.17) is 16.6 Å². The molecule has 28 heavy (non-hydrogen) atoms. The summed E-state index contributed by atoms with van der Waals surface area (Å²) in [5.74, 6) is 0.899. The van der Waals surface area contributed by atoms with Crippen LogP contribution >= 0.6 is 11.6 Å². The fourth-order valence-electron chi connectivity index (χ4n) is 3.85. The van der Waals surface area contributed by atoms with Crippen LogP contribution in [0.25, 0.3) is 0 Å². The van der Waals surface area contributed by atoms with Crippen molar-refractivity contribution >= 4 is 11.6 Å². The van der Waals surface area contributed by atoms with E-state index in [1.165, 1.54) is 6.42 Å². The highest BCUT2D eigenvalue weighted by atomic mass is 35.5. The summed E-state index contributed by atoms with van der Waals surface area (Å²) in [4.78, 5) is 16.4. The molecular weight excluding hydrogens is 368 g/mol. The molecule has 0 unspecified atom stereocenters. The number of halogens is 1. The van der Waals surface area contributed by atoms with Gasteiger partial charge in [-0.3, -0.25) is 9.88 Å². The zero-order valence-electron chi connectivity index (χ0n) is 16.2. The van der Waals surface area contributed by atoms with Crippen molar-refractivity contribution in [3.8, 4) is 0 Å². The van der Waals surface area contributed by atoms with Crippen molar-refractivity contribution in [2.45, 2.75) is 45.2 Å². The topological polar surface area (TPSA) is 41.9 Å². The van der Waals surface area contributed by atoms with E-state index in [2.05, 4.69) is 46.1 Å². The Bertz CT molecular complexity index is 926. The number of benzene rings is 1. The fraction of sp³-hybridized carbons (Fsp3) is 0.348. The van der Waals surface area contributed by atoms with Gasteiger partial charge in [0.2, 0.25) is 0 Å². The van der Waals surface area contributed by atoms with Gasteiger partial charge in [-0.2, -0.15) is 0 Å². The Morgan fingerprint density at radius 1 is 1.07 bits per heavy atom. The molecular formula is C23H25ClN4. The largest absolute Gasteiger partial charge is 0.290 e. The van der Waals surface area contributed by atoms with Crippen LogP contribution in [0.2, 0.25) is 5.02 Å². The van der Waals surface area contributed by atoms with Crippen LogP contribution in [0.3, 0.4) is 0 Å². The molecule has 0 N–H and O–H groups in total. The number of hydrogen-bond donors (Lipinski definition) is 0. The summed E-state index contributed by atoms with van der Waals surface area (Å²) in [5.41, 5.74) is 4.49. The molecule has 1 atom stereocenters. The summed E-state index contributed by atoms with van der Waals surface area (Å²) < 4.78 is 0. The van der Waals surface area contributed by atoms with Crippen LogP contribution in [-0.4, -0.2) is 26.4 Å². The predicted molar refractivity (Wildman–Crippen MR) is 112 cm³/mol. The maximum Gasteiger partial charge on any atom is 0.127 e. The first-order valence-electron chi connectivity index (χ1n) is 9.96. The van der Waals surface area contributed by atoms with E-state index in [1.807, 2.05) is 30.6 Å². The molecule has 0 radical (unpaired) electrons. The minimum absolute atomic E-state index is 0.344. The van der Waals surface area contributed by atoms with Gasteiger partial charge in [-0.05, 0) is 43.1 Å². The lowest BCUT2D eigenvalue weighted by Crippen LogP contribution is -2.24. The number of likely N-dealkylation sites (tertiary alicyclic amines) is 1. The Balaban J connectivity index is 1.50. The van der Waals surface area contributed by atoms with E-state index < -0.39 is 0 Å². The molecule has 1 aliphatic heterocycles. The van der Waals surface area contributed by atoms with Gasteiger partial charge in [0.25, 0.3) is 0 Å². The zero-order valence-corrected chi connectivity index (χ0v) is 16.9. The molecule has 1 saturated heterocycles. The first kappa shape index (κ1) is 19.0. The van der Waals surface area contributed by atoms with Crippen LogP contribution in [-0.2, 0) is 19.4 Å². The van der Waals surface area contributed by atoms with Gasteiger partial charge in [0.15, 0.2) is 0 Å². The third kappa shape index (κ3) is 4.40. The summed E-state index contributed by atoms with van der Waals surface area (Å²) in [6.07, 6.45) is 7.87. The number of rotatable bonds is 6. The maximum absolute atomic E-state index is 6.33. The number of aromatic nitrogens is 3. The lowest BCUT2D eigenvalue weighted by Gasteiger charge is -2.24. The van der Waals surface area contributed by atoms with Crippen LogP contribution in [0.15, 0.2) is 54.9 Å². The molecule has 4 rings (SSSR count). The molecule has 1 aromatic carbocycles. The second kappa shape index (κ2) is 8.80. The molecule has 4 nitrogen and oxygen atoms in total. The molecule has 3 aromatic rings. The lowest BCUT2D eigenvalue weighted by molar-refractivity contribution is 0.243. The van der Waals surface area contributed by atoms with Crippen LogP contribution in [0.1, 0.15) is 54.1 Å². The Kier molecular flexibility index (Phi) is 5.98. The Hall–Kier alpha value is -2.30. The predicted octanol–water partition coefficient (Wildman–Crippen LogP) is 5.02. The van der Waals surface area contributed by atoms with Crippen LogP contribution in [0.5, 0.6) is 0 Å². The highest BCUT2D eigenvalue weighted by molar-refractivity contribution is 6.31. The molecule has 0 spiro atoms. The highest BCUT2D eigenvalue weighted by Gasteiger charge is 2.27. The Morgan fingerprint density at radius 2 is 1.89 bits per heavy atom. The van der Waals surface area contributed by atoms with Crippen molar-refractivity contribution < 1.29 is 0 Å². The van der Waals surface area contributed by atoms with Gasteiger partial charge in [-0.15, -0.1) is 0 Å². The molecule has 0 bridgehead atoms. The van der Waals surface area contributed by atoms with Gasteiger partial charge in [0.05, 0.1) is 11.7 Å². The first-order valence-corrected chi connectivity index (χ1v) is 10.3. The molecule has 2 aromatic heterocycles. The summed E-state index contributed by atoms with van der Waals surface area (Å²) in [6, 6.07) is 14.7. The fourth-order valence-corrected chi connectivity index (χ4v) is 4.05.